The summed E-state index contributed by atoms with van der Waals surface area (Å²) < 4.78 is 14.2. The van der Waals surface area contributed by atoms with E-state index in [0.29, 0.717) is 16.7 Å². The first-order chi connectivity index (χ1) is 15.3. The first-order valence-corrected chi connectivity index (χ1v) is 11.6. The molecule has 5 nitrogen and oxygen atoms in total. The number of nitrogens with one attached hydrogen (secondary N) is 1. The highest BCUT2D eigenvalue weighted by atomic mass is 79.9. The highest BCUT2D eigenvalue weighted by molar-refractivity contribution is 9.10. The van der Waals surface area contributed by atoms with E-state index in [2.05, 4.69) is 21.2 Å². The lowest BCUT2D eigenvalue weighted by atomic mass is 9.83. The van der Waals surface area contributed by atoms with Crippen LogP contribution in [0.4, 0.5) is 4.39 Å². The molecule has 2 amide bonds. The Morgan fingerprint density at radius 3 is 2.18 bits per heavy atom. The van der Waals surface area contributed by atoms with Crippen molar-refractivity contribution in [3.05, 3.63) is 75.5 Å². The highest BCUT2D eigenvalue weighted by Crippen LogP contribution is 2.40. The van der Waals surface area contributed by atoms with Gasteiger partial charge in [-0.3, -0.25) is 14.4 Å². The molecule has 1 saturated heterocycles. The van der Waals surface area contributed by atoms with Gasteiger partial charge in [-0.15, -0.1) is 0 Å². The van der Waals surface area contributed by atoms with Crippen molar-refractivity contribution in [3.8, 4) is 0 Å². The summed E-state index contributed by atoms with van der Waals surface area (Å²) in [7, 11) is 0. The monoisotopic (exact) mass is 514 g/mol. The van der Waals surface area contributed by atoms with Crippen LogP contribution in [0, 0.1) is 5.82 Å². The van der Waals surface area contributed by atoms with Crippen molar-refractivity contribution in [2.75, 3.05) is 0 Å². The number of amides is 2. The lowest BCUT2D eigenvalue weighted by Gasteiger charge is -2.39. The number of rotatable bonds is 5. The lowest BCUT2D eigenvalue weighted by molar-refractivity contribution is -0.140. The Bertz CT molecular complexity index is 1100. The number of carbonyl (C=O) groups excluding carboxylic acids is 3. The topological polar surface area (TPSA) is 66.5 Å². The molecule has 0 radical (unpaired) electrons. The second kappa shape index (κ2) is 9.21. The Morgan fingerprint density at radius 2 is 1.67 bits per heavy atom. The van der Waals surface area contributed by atoms with E-state index in [0.717, 1.165) is 4.47 Å². The fraction of sp³-hybridized carbons (Fsp3) is 0.346. The quantitative estimate of drug-likeness (QED) is 0.341. The zero-order chi connectivity index (χ0) is 24.6. The number of hydrogen-bond donors (Lipinski definition) is 1. The molecule has 2 aromatic carbocycles. The van der Waals surface area contributed by atoms with E-state index in [-0.39, 0.29) is 18.1 Å². The fourth-order valence-electron chi connectivity index (χ4n) is 4.08. The summed E-state index contributed by atoms with van der Waals surface area (Å²) in [5.74, 6) is -1.74. The first kappa shape index (κ1) is 24.8. The molecule has 1 fully saturated rings. The van der Waals surface area contributed by atoms with E-state index >= 15 is 0 Å². The van der Waals surface area contributed by atoms with Crippen LogP contribution in [-0.4, -0.2) is 39.6 Å². The van der Waals surface area contributed by atoms with Crippen LogP contribution in [0.1, 0.15) is 57.0 Å². The predicted octanol–water partition coefficient (Wildman–Crippen LogP) is 5.15. The van der Waals surface area contributed by atoms with Crippen LogP contribution in [0.3, 0.4) is 0 Å². The number of likely N-dealkylation sites (tertiary alicyclic amines) is 1. The summed E-state index contributed by atoms with van der Waals surface area (Å²) in [4.78, 5) is 42.6. The zero-order valence-corrected chi connectivity index (χ0v) is 21.0. The molecule has 3 rings (SSSR count). The maximum atomic E-state index is 14.0. The Hall–Kier alpha value is -2.80. The smallest absolute Gasteiger partial charge is 0.254 e. The van der Waals surface area contributed by atoms with Crippen molar-refractivity contribution in [2.24, 2.45) is 0 Å². The first-order valence-electron chi connectivity index (χ1n) is 10.8. The molecule has 0 spiro atoms. The van der Waals surface area contributed by atoms with Crippen LogP contribution < -0.4 is 5.32 Å². The third-order valence-electron chi connectivity index (χ3n) is 5.42. The van der Waals surface area contributed by atoms with Crippen molar-refractivity contribution in [1.29, 1.82) is 0 Å². The summed E-state index contributed by atoms with van der Waals surface area (Å²) in [5, 5.41) is 2.92. The third kappa shape index (κ3) is 5.08. The average Bonchev–Trinajstić information content (AvgIpc) is 3.02. The second-order valence-corrected chi connectivity index (χ2v) is 10.5. The van der Waals surface area contributed by atoms with E-state index in [4.69, 9.17) is 0 Å². The average molecular weight is 515 g/mol. The second-order valence-electron chi connectivity index (χ2n) is 9.57. The number of halogens is 2. The minimum absolute atomic E-state index is 0.0851. The number of carbonyl (C=O) groups is 3. The van der Waals surface area contributed by atoms with Crippen LogP contribution in [-0.2, 0) is 9.59 Å². The van der Waals surface area contributed by atoms with Gasteiger partial charge in [0.2, 0.25) is 0 Å². The molecule has 0 aromatic heterocycles. The summed E-state index contributed by atoms with van der Waals surface area (Å²) in [6, 6.07) is 12.1. The van der Waals surface area contributed by atoms with E-state index in [1.165, 1.54) is 17.0 Å². The van der Waals surface area contributed by atoms with Gasteiger partial charge < -0.3 is 10.2 Å². The molecule has 0 bridgehead atoms. The fourth-order valence-corrected chi connectivity index (χ4v) is 4.34. The van der Waals surface area contributed by atoms with Gasteiger partial charge in [-0.1, -0.05) is 40.2 Å². The molecule has 1 unspecified atom stereocenters. The number of benzene rings is 2. The number of hydrogen-bond acceptors (Lipinski definition) is 3. The van der Waals surface area contributed by atoms with Crippen molar-refractivity contribution >= 4 is 39.6 Å². The van der Waals surface area contributed by atoms with Gasteiger partial charge in [0.05, 0.1) is 0 Å². The lowest BCUT2D eigenvalue weighted by Crippen LogP contribution is -2.65. The molecule has 1 aliphatic heterocycles. The normalized spacial score (nSPS) is 19.9. The standard InChI is InChI=1S/C26H28BrFN2O3/c1-16(2)30-23(32)19(14-17-6-12-21(28)13-7-17)15-26(30,24(33)29-25(3,4)5)22(31)18-8-10-20(27)11-9-18/h6-14,16H,15H2,1-5H3,(H,29,33)/b19-14+. The minimum atomic E-state index is -1.74. The zero-order valence-electron chi connectivity index (χ0n) is 19.4. The van der Waals surface area contributed by atoms with Gasteiger partial charge in [0.1, 0.15) is 5.82 Å². The molecular weight excluding hydrogens is 487 g/mol. The van der Waals surface area contributed by atoms with Gasteiger partial charge in [0.15, 0.2) is 11.3 Å². The largest absolute Gasteiger partial charge is 0.349 e. The van der Waals surface area contributed by atoms with E-state index in [9.17, 15) is 18.8 Å². The molecule has 0 aliphatic carbocycles. The van der Waals surface area contributed by atoms with Gasteiger partial charge in [-0.25, -0.2) is 4.39 Å². The van der Waals surface area contributed by atoms with Crippen LogP contribution in [0.2, 0.25) is 0 Å². The maximum absolute atomic E-state index is 14.0. The predicted molar refractivity (Wildman–Crippen MR) is 130 cm³/mol. The van der Waals surface area contributed by atoms with Gasteiger partial charge in [-0.05, 0) is 70.5 Å². The Balaban J connectivity index is 2.19. The SMILES string of the molecule is CC(C)N1C(=O)/C(=C/c2ccc(F)cc2)CC1(C(=O)NC(C)(C)C)C(=O)c1ccc(Br)cc1. The van der Waals surface area contributed by atoms with Gasteiger partial charge >= 0.3 is 0 Å². The summed E-state index contributed by atoms with van der Waals surface area (Å²) >= 11 is 3.37. The van der Waals surface area contributed by atoms with E-state index < -0.39 is 28.8 Å². The summed E-state index contributed by atoms with van der Waals surface area (Å²) in [6.07, 6.45) is 1.54. The molecular formula is C26H28BrFN2O3. The highest BCUT2D eigenvalue weighted by Gasteiger charge is 2.59. The van der Waals surface area contributed by atoms with Gasteiger partial charge in [-0.2, -0.15) is 0 Å². The number of nitrogens with zero attached hydrogens (tertiary/aromatic N) is 1. The number of ketones is 1. The molecule has 0 saturated carbocycles. The summed E-state index contributed by atoms with van der Waals surface area (Å²) in [6.45, 7) is 9.05. The number of Topliss-reactive ketones (excluding diaryl/α,β-unsaturated/α-hetero) is 1. The Labute approximate surface area is 202 Å². The minimum Gasteiger partial charge on any atom is -0.349 e. The molecule has 1 atom stereocenters. The molecule has 1 aliphatic rings. The van der Waals surface area contributed by atoms with Crippen LogP contribution >= 0.6 is 15.9 Å². The van der Waals surface area contributed by atoms with Crippen LogP contribution in [0.25, 0.3) is 6.08 Å². The van der Waals surface area contributed by atoms with Crippen molar-refractivity contribution in [3.63, 3.8) is 0 Å². The molecule has 33 heavy (non-hydrogen) atoms. The molecule has 7 heteroatoms. The van der Waals surface area contributed by atoms with E-state index in [1.54, 1.807) is 56.3 Å². The van der Waals surface area contributed by atoms with Crippen LogP contribution in [0.5, 0.6) is 0 Å². The summed E-state index contributed by atoms with van der Waals surface area (Å²) in [5.41, 5.74) is -1.07. The van der Waals surface area contributed by atoms with Gasteiger partial charge in [0.25, 0.3) is 11.8 Å². The molecule has 2 aromatic rings. The van der Waals surface area contributed by atoms with Crippen LogP contribution in [0.15, 0.2) is 58.6 Å². The molecule has 1 heterocycles. The molecule has 174 valence electrons. The Morgan fingerprint density at radius 1 is 1.09 bits per heavy atom. The maximum Gasteiger partial charge on any atom is 0.254 e. The van der Waals surface area contributed by atoms with Gasteiger partial charge in [0, 0.05) is 33.6 Å². The Kier molecular flexibility index (Phi) is 6.93. The third-order valence-corrected chi connectivity index (χ3v) is 5.95. The van der Waals surface area contributed by atoms with Crippen molar-refractivity contribution < 1.29 is 18.8 Å². The molecule has 1 N–H and O–H groups in total. The van der Waals surface area contributed by atoms with Crippen molar-refractivity contribution in [1.82, 2.24) is 10.2 Å². The van der Waals surface area contributed by atoms with E-state index in [1.807, 2.05) is 20.8 Å². The van der Waals surface area contributed by atoms with Crippen molar-refractivity contribution in [2.45, 2.75) is 58.2 Å².